The lowest BCUT2D eigenvalue weighted by Gasteiger charge is -2.35. The Labute approximate surface area is 106 Å². The van der Waals surface area contributed by atoms with Crippen molar-refractivity contribution in [3.8, 4) is 0 Å². The maximum absolute atomic E-state index is 12.6. The largest absolute Gasteiger partial charge is 0.379 e. The molecule has 0 aliphatic carbocycles. The van der Waals surface area contributed by atoms with Crippen LogP contribution >= 0.6 is 0 Å². The highest BCUT2D eigenvalue weighted by Gasteiger charge is 2.46. The number of carbonyl (C=O) groups is 1. The maximum Gasteiger partial charge on any atom is 0.232 e. The molecule has 1 saturated heterocycles. The van der Waals surface area contributed by atoms with Crippen molar-refractivity contribution >= 4 is 5.91 Å². The smallest absolute Gasteiger partial charge is 0.232 e. The van der Waals surface area contributed by atoms with Crippen molar-refractivity contribution in [1.82, 2.24) is 14.5 Å². The Balaban J connectivity index is 1.79. The maximum atomic E-state index is 12.6. The van der Waals surface area contributed by atoms with Gasteiger partial charge in [0.15, 0.2) is 0 Å². The van der Waals surface area contributed by atoms with Crippen molar-refractivity contribution in [2.24, 2.45) is 11.1 Å². The Morgan fingerprint density at radius 3 is 3.17 bits per heavy atom. The molecular weight excluding hydrogens is 232 g/mol. The second kappa shape index (κ2) is 4.07. The van der Waals surface area contributed by atoms with E-state index in [2.05, 4.69) is 9.55 Å². The number of rotatable bonds is 1. The third-order valence-corrected chi connectivity index (χ3v) is 4.04. The first kappa shape index (κ1) is 11.7. The summed E-state index contributed by atoms with van der Waals surface area (Å²) in [5.74, 6) is 1.02. The Kier molecular flexibility index (Phi) is 2.64. The highest BCUT2D eigenvalue weighted by Crippen LogP contribution is 2.30. The summed E-state index contributed by atoms with van der Waals surface area (Å²) in [6, 6.07) is -0.216. The molecule has 3 rings (SSSR count). The van der Waals surface area contributed by atoms with E-state index in [9.17, 15) is 4.79 Å². The minimum Gasteiger partial charge on any atom is -0.379 e. The predicted molar refractivity (Wildman–Crippen MR) is 64.5 cm³/mol. The lowest BCUT2D eigenvalue weighted by Crippen LogP contribution is -2.53. The van der Waals surface area contributed by atoms with Gasteiger partial charge in [-0.15, -0.1) is 0 Å². The zero-order chi connectivity index (χ0) is 12.8. The molecule has 2 unspecified atom stereocenters. The number of hydrogen-bond acceptors (Lipinski definition) is 4. The number of amides is 1. The molecule has 0 bridgehead atoms. The number of imidazole rings is 1. The molecule has 0 radical (unpaired) electrons. The summed E-state index contributed by atoms with van der Waals surface area (Å²) >= 11 is 0. The van der Waals surface area contributed by atoms with Crippen molar-refractivity contribution in [3.63, 3.8) is 0 Å². The van der Waals surface area contributed by atoms with E-state index >= 15 is 0 Å². The van der Waals surface area contributed by atoms with Gasteiger partial charge < -0.3 is 19.9 Å². The van der Waals surface area contributed by atoms with Crippen LogP contribution in [0, 0.1) is 5.41 Å². The molecule has 2 atom stereocenters. The minimum absolute atomic E-state index is 0.0850. The molecule has 2 N–H and O–H groups in total. The lowest BCUT2D eigenvalue weighted by molar-refractivity contribution is -0.143. The first-order chi connectivity index (χ1) is 8.61. The Hall–Kier alpha value is -1.40. The van der Waals surface area contributed by atoms with E-state index in [0.29, 0.717) is 26.3 Å². The normalized spacial score (nSPS) is 31.4. The summed E-state index contributed by atoms with van der Waals surface area (Å²) in [4.78, 5) is 18.7. The molecule has 1 amide bonds. The third kappa shape index (κ3) is 1.64. The Bertz CT molecular complexity index is 472. The average Bonchev–Trinajstić information content (AvgIpc) is 2.96. The van der Waals surface area contributed by atoms with Gasteiger partial charge in [-0.05, 0) is 6.92 Å². The van der Waals surface area contributed by atoms with Crippen LogP contribution < -0.4 is 5.73 Å². The molecule has 18 heavy (non-hydrogen) atoms. The number of nitrogens with zero attached hydrogens (tertiary/aromatic N) is 3. The molecular formula is C12H18N4O2. The highest BCUT2D eigenvalue weighted by molar-refractivity contribution is 5.83. The van der Waals surface area contributed by atoms with Gasteiger partial charge >= 0.3 is 0 Å². The second-order valence-corrected chi connectivity index (χ2v) is 5.30. The zero-order valence-electron chi connectivity index (χ0n) is 10.5. The number of carbonyl (C=O) groups excluding carboxylic acids is 1. The summed E-state index contributed by atoms with van der Waals surface area (Å²) < 4.78 is 7.43. The van der Waals surface area contributed by atoms with E-state index in [-0.39, 0.29) is 11.9 Å². The molecule has 1 aromatic heterocycles. The van der Waals surface area contributed by atoms with Gasteiger partial charge in [0.2, 0.25) is 5.91 Å². The number of aromatic nitrogens is 2. The van der Waals surface area contributed by atoms with Crippen LogP contribution in [0.15, 0.2) is 12.4 Å². The standard InChI is InChI=1S/C12H18N4O2/c1-12(8-18-7-9(12)13)11(17)16-5-4-15-3-2-14-10(15)6-16/h2-3,9H,4-8,13H2,1H3. The van der Waals surface area contributed by atoms with Gasteiger partial charge in [0.05, 0.1) is 25.2 Å². The lowest BCUT2D eigenvalue weighted by atomic mass is 9.84. The van der Waals surface area contributed by atoms with Gasteiger partial charge in [0.25, 0.3) is 0 Å². The third-order valence-electron chi connectivity index (χ3n) is 4.04. The van der Waals surface area contributed by atoms with Crippen LogP contribution in [0.1, 0.15) is 12.7 Å². The van der Waals surface area contributed by atoms with E-state index in [1.807, 2.05) is 18.0 Å². The van der Waals surface area contributed by atoms with Crippen molar-refractivity contribution in [3.05, 3.63) is 18.2 Å². The number of fused-ring (bicyclic) bond motifs is 1. The molecule has 6 nitrogen and oxygen atoms in total. The molecule has 1 fully saturated rings. The van der Waals surface area contributed by atoms with Crippen molar-refractivity contribution in [2.45, 2.75) is 26.1 Å². The van der Waals surface area contributed by atoms with Crippen LogP contribution in [0.5, 0.6) is 0 Å². The van der Waals surface area contributed by atoms with Crippen molar-refractivity contribution < 1.29 is 9.53 Å². The van der Waals surface area contributed by atoms with Gasteiger partial charge in [-0.2, -0.15) is 0 Å². The quantitative estimate of drug-likeness (QED) is 0.735. The van der Waals surface area contributed by atoms with E-state index < -0.39 is 5.41 Å². The fourth-order valence-electron chi connectivity index (χ4n) is 2.62. The SMILES string of the molecule is CC1(C(=O)N2CCn3ccnc3C2)COCC1N. The molecule has 1 aromatic rings. The first-order valence-corrected chi connectivity index (χ1v) is 6.24. The Morgan fingerprint density at radius 1 is 1.61 bits per heavy atom. The molecule has 3 heterocycles. The summed E-state index contributed by atoms with van der Waals surface area (Å²) in [6.45, 7) is 4.85. The second-order valence-electron chi connectivity index (χ2n) is 5.30. The van der Waals surface area contributed by atoms with Gasteiger partial charge in [-0.1, -0.05) is 0 Å². The van der Waals surface area contributed by atoms with Crippen LogP contribution in [0.4, 0.5) is 0 Å². The summed E-state index contributed by atoms with van der Waals surface area (Å²) in [5.41, 5.74) is 5.41. The minimum atomic E-state index is -0.589. The number of nitrogens with two attached hydrogens (primary N) is 1. The molecule has 98 valence electrons. The van der Waals surface area contributed by atoms with Crippen molar-refractivity contribution in [1.29, 1.82) is 0 Å². The molecule has 0 saturated carbocycles. The number of ether oxygens (including phenoxy) is 1. The predicted octanol–water partition coefficient (Wildman–Crippen LogP) is -0.411. The topological polar surface area (TPSA) is 73.4 Å². The molecule has 0 aromatic carbocycles. The van der Waals surface area contributed by atoms with E-state index in [1.165, 1.54) is 0 Å². The van der Waals surface area contributed by atoms with Gasteiger partial charge in [0.1, 0.15) is 5.82 Å². The van der Waals surface area contributed by atoms with E-state index in [0.717, 1.165) is 12.4 Å². The Morgan fingerprint density at radius 2 is 2.44 bits per heavy atom. The number of hydrogen-bond donors (Lipinski definition) is 1. The molecule has 0 spiro atoms. The van der Waals surface area contributed by atoms with Gasteiger partial charge in [0, 0.05) is 31.5 Å². The van der Waals surface area contributed by atoms with Gasteiger partial charge in [-0.3, -0.25) is 4.79 Å². The summed E-state index contributed by atoms with van der Waals surface area (Å²) in [6.07, 6.45) is 3.72. The highest BCUT2D eigenvalue weighted by atomic mass is 16.5. The fraction of sp³-hybridized carbons (Fsp3) is 0.667. The first-order valence-electron chi connectivity index (χ1n) is 6.24. The fourth-order valence-corrected chi connectivity index (χ4v) is 2.62. The monoisotopic (exact) mass is 250 g/mol. The van der Waals surface area contributed by atoms with Crippen LogP contribution in [0.2, 0.25) is 0 Å². The molecule has 2 aliphatic rings. The zero-order valence-corrected chi connectivity index (χ0v) is 10.5. The van der Waals surface area contributed by atoms with Crippen molar-refractivity contribution in [2.75, 3.05) is 19.8 Å². The van der Waals surface area contributed by atoms with Crippen LogP contribution in [0.3, 0.4) is 0 Å². The molecule has 2 aliphatic heterocycles. The van der Waals surface area contributed by atoms with Crippen LogP contribution in [-0.4, -0.2) is 46.2 Å². The molecule has 6 heteroatoms. The summed E-state index contributed by atoms with van der Waals surface area (Å²) in [5, 5.41) is 0. The summed E-state index contributed by atoms with van der Waals surface area (Å²) in [7, 11) is 0. The van der Waals surface area contributed by atoms with Gasteiger partial charge in [-0.25, -0.2) is 4.98 Å². The van der Waals surface area contributed by atoms with Crippen LogP contribution in [-0.2, 0) is 22.6 Å². The van der Waals surface area contributed by atoms with Crippen LogP contribution in [0.25, 0.3) is 0 Å². The van der Waals surface area contributed by atoms with E-state index in [1.54, 1.807) is 6.20 Å². The average molecular weight is 250 g/mol. The van der Waals surface area contributed by atoms with E-state index in [4.69, 9.17) is 10.5 Å².